The van der Waals surface area contributed by atoms with Gasteiger partial charge in [-0.3, -0.25) is 0 Å². The van der Waals surface area contributed by atoms with Gasteiger partial charge < -0.3 is 9.26 Å². The van der Waals surface area contributed by atoms with E-state index in [4.69, 9.17) is 9.26 Å². The molecule has 0 radical (unpaired) electrons. The standard InChI is InChI=1S/C14H24N2O2S/c1-9(8-19-6)12-15-11(16-17-12)10-7-13(2,3)18-14(10,4)5/h9-10H,7-8H2,1-6H3. The number of aromatic nitrogens is 2. The molecule has 5 heteroatoms. The van der Waals surface area contributed by atoms with Crippen LogP contribution >= 0.6 is 11.8 Å². The van der Waals surface area contributed by atoms with Crippen molar-refractivity contribution in [1.29, 1.82) is 0 Å². The van der Waals surface area contributed by atoms with Crippen LogP contribution in [0.3, 0.4) is 0 Å². The average Bonchev–Trinajstić information content (AvgIpc) is 2.80. The number of hydrogen-bond acceptors (Lipinski definition) is 5. The Hall–Kier alpha value is -0.550. The van der Waals surface area contributed by atoms with Gasteiger partial charge in [0.2, 0.25) is 5.89 Å². The maximum absolute atomic E-state index is 6.09. The van der Waals surface area contributed by atoms with E-state index in [0.29, 0.717) is 5.92 Å². The molecular weight excluding hydrogens is 260 g/mol. The molecule has 1 aromatic rings. The Labute approximate surface area is 119 Å². The summed E-state index contributed by atoms with van der Waals surface area (Å²) in [6, 6.07) is 0. The molecule has 19 heavy (non-hydrogen) atoms. The van der Waals surface area contributed by atoms with Gasteiger partial charge in [-0.25, -0.2) is 0 Å². The van der Waals surface area contributed by atoms with Gasteiger partial charge in [0.05, 0.1) is 17.1 Å². The maximum atomic E-state index is 6.09. The Bertz CT molecular complexity index is 442. The fourth-order valence-electron chi connectivity index (χ4n) is 2.87. The molecule has 1 aliphatic heterocycles. The van der Waals surface area contributed by atoms with Crippen LogP contribution in [0.1, 0.15) is 64.6 Å². The highest BCUT2D eigenvalue weighted by molar-refractivity contribution is 7.98. The van der Waals surface area contributed by atoms with Crippen LogP contribution in [0.25, 0.3) is 0 Å². The van der Waals surface area contributed by atoms with Gasteiger partial charge in [-0.15, -0.1) is 0 Å². The molecule has 2 unspecified atom stereocenters. The highest BCUT2D eigenvalue weighted by atomic mass is 32.2. The SMILES string of the molecule is CSCC(C)c1nc(C2CC(C)(C)OC2(C)C)no1. The van der Waals surface area contributed by atoms with Crippen LogP contribution in [0.4, 0.5) is 0 Å². The molecule has 2 rings (SSSR count). The lowest BCUT2D eigenvalue weighted by Gasteiger charge is -2.25. The third kappa shape index (κ3) is 3.14. The van der Waals surface area contributed by atoms with E-state index in [9.17, 15) is 0 Å². The fourth-order valence-corrected chi connectivity index (χ4v) is 3.52. The van der Waals surface area contributed by atoms with E-state index in [0.717, 1.165) is 23.9 Å². The van der Waals surface area contributed by atoms with Crippen molar-refractivity contribution in [2.45, 2.75) is 64.1 Å². The third-order valence-electron chi connectivity index (χ3n) is 3.68. The summed E-state index contributed by atoms with van der Waals surface area (Å²) in [4.78, 5) is 4.60. The van der Waals surface area contributed by atoms with Crippen molar-refractivity contribution in [3.63, 3.8) is 0 Å². The number of hydrogen-bond donors (Lipinski definition) is 0. The van der Waals surface area contributed by atoms with Crippen molar-refractivity contribution in [2.24, 2.45) is 0 Å². The summed E-state index contributed by atoms with van der Waals surface area (Å²) in [5, 5.41) is 4.19. The molecule has 0 aromatic carbocycles. The quantitative estimate of drug-likeness (QED) is 0.845. The van der Waals surface area contributed by atoms with E-state index in [-0.39, 0.29) is 17.1 Å². The van der Waals surface area contributed by atoms with E-state index in [2.05, 4.69) is 51.0 Å². The van der Waals surface area contributed by atoms with Crippen molar-refractivity contribution < 1.29 is 9.26 Å². The third-order valence-corrected chi connectivity index (χ3v) is 4.51. The first-order valence-electron chi connectivity index (χ1n) is 6.78. The van der Waals surface area contributed by atoms with Crippen molar-refractivity contribution in [3.05, 3.63) is 11.7 Å². The fraction of sp³-hybridized carbons (Fsp3) is 0.857. The van der Waals surface area contributed by atoms with Crippen molar-refractivity contribution in [1.82, 2.24) is 10.1 Å². The van der Waals surface area contributed by atoms with Crippen LogP contribution in [-0.2, 0) is 4.74 Å². The maximum Gasteiger partial charge on any atom is 0.230 e. The molecule has 0 spiro atoms. The van der Waals surface area contributed by atoms with E-state index in [1.165, 1.54) is 0 Å². The molecule has 4 nitrogen and oxygen atoms in total. The van der Waals surface area contributed by atoms with Gasteiger partial charge in [0.1, 0.15) is 0 Å². The number of thioether (sulfide) groups is 1. The summed E-state index contributed by atoms with van der Waals surface area (Å²) < 4.78 is 11.5. The lowest BCUT2D eigenvalue weighted by atomic mass is 9.87. The summed E-state index contributed by atoms with van der Waals surface area (Å²) in [6.45, 7) is 10.6. The highest BCUT2D eigenvalue weighted by Crippen LogP contribution is 2.46. The topological polar surface area (TPSA) is 48.2 Å². The monoisotopic (exact) mass is 284 g/mol. The zero-order valence-corrected chi connectivity index (χ0v) is 13.5. The highest BCUT2D eigenvalue weighted by Gasteiger charge is 2.48. The van der Waals surface area contributed by atoms with E-state index in [1.54, 1.807) is 11.8 Å². The van der Waals surface area contributed by atoms with E-state index in [1.807, 2.05) is 0 Å². The van der Waals surface area contributed by atoms with Crippen molar-refractivity contribution in [2.75, 3.05) is 12.0 Å². The molecular formula is C14H24N2O2S. The van der Waals surface area contributed by atoms with Crippen LogP contribution in [0.2, 0.25) is 0 Å². The van der Waals surface area contributed by atoms with Gasteiger partial charge in [0.25, 0.3) is 0 Å². The number of nitrogens with zero attached hydrogens (tertiary/aromatic N) is 2. The first-order chi connectivity index (χ1) is 8.75. The molecule has 2 atom stereocenters. The molecule has 0 amide bonds. The number of ether oxygens (including phenoxy) is 1. The predicted molar refractivity (Wildman–Crippen MR) is 77.7 cm³/mol. The van der Waals surface area contributed by atoms with Crippen molar-refractivity contribution >= 4 is 11.8 Å². The Balaban J connectivity index is 2.19. The second-order valence-corrected chi connectivity index (χ2v) is 7.48. The predicted octanol–water partition coefficient (Wildman–Crippen LogP) is 3.60. The second-order valence-electron chi connectivity index (χ2n) is 6.57. The largest absolute Gasteiger partial charge is 0.369 e. The average molecular weight is 284 g/mol. The lowest BCUT2D eigenvalue weighted by Crippen LogP contribution is -2.28. The Kier molecular flexibility index (Phi) is 3.98. The molecule has 1 aliphatic rings. The summed E-state index contributed by atoms with van der Waals surface area (Å²) in [5.74, 6) is 3.03. The first-order valence-corrected chi connectivity index (χ1v) is 8.17. The Morgan fingerprint density at radius 3 is 2.58 bits per heavy atom. The van der Waals surface area contributed by atoms with Crippen molar-refractivity contribution in [3.8, 4) is 0 Å². The van der Waals surface area contributed by atoms with Gasteiger partial charge in [-0.1, -0.05) is 12.1 Å². The normalized spacial score (nSPS) is 26.5. The molecule has 0 aliphatic carbocycles. The van der Waals surface area contributed by atoms with Gasteiger partial charge in [0, 0.05) is 11.7 Å². The minimum absolute atomic E-state index is 0.125. The molecule has 0 saturated carbocycles. The van der Waals surface area contributed by atoms with E-state index < -0.39 is 0 Å². The van der Waals surface area contributed by atoms with Crippen LogP contribution in [0, 0.1) is 0 Å². The Morgan fingerprint density at radius 1 is 1.37 bits per heavy atom. The molecule has 1 fully saturated rings. The van der Waals surface area contributed by atoms with Gasteiger partial charge >= 0.3 is 0 Å². The molecule has 2 heterocycles. The van der Waals surface area contributed by atoms with Gasteiger partial charge in [-0.2, -0.15) is 16.7 Å². The summed E-state index contributed by atoms with van der Waals surface area (Å²) in [5.41, 5.74) is -0.368. The Morgan fingerprint density at radius 2 is 2.05 bits per heavy atom. The van der Waals surface area contributed by atoms with E-state index >= 15 is 0 Å². The second kappa shape index (κ2) is 5.09. The summed E-state index contributed by atoms with van der Waals surface area (Å²) in [6.07, 6.45) is 3.01. The van der Waals surface area contributed by atoms with Crippen LogP contribution in [0.15, 0.2) is 4.52 Å². The zero-order valence-electron chi connectivity index (χ0n) is 12.7. The van der Waals surface area contributed by atoms with Crippen LogP contribution in [0.5, 0.6) is 0 Å². The smallest absolute Gasteiger partial charge is 0.230 e. The first kappa shape index (κ1) is 14.9. The van der Waals surface area contributed by atoms with Crippen LogP contribution in [-0.4, -0.2) is 33.4 Å². The summed E-state index contributed by atoms with van der Waals surface area (Å²) >= 11 is 1.79. The van der Waals surface area contributed by atoms with Crippen LogP contribution < -0.4 is 0 Å². The molecule has 1 saturated heterocycles. The minimum atomic E-state index is -0.243. The number of rotatable bonds is 4. The molecule has 108 valence electrons. The van der Waals surface area contributed by atoms with Gasteiger partial charge in [-0.05, 0) is 40.4 Å². The zero-order chi connectivity index (χ0) is 14.3. The molecule has 0 N–H and O–H groups in total. The minimum Gasteiger partial charge on any atom is -0.369 e. The lowest BCUT2D eigenvalue weighted by molar-refractivity contribution is -0.0686. The summed E-state index contributed by atoms with van der Waals surface area (Å²) in [7, 11) is 0. The molecule has 1 aromatic heterocycles. The molecule has 0 bridgehead atoms. The van der Waals surface area contributed by atoms with Gasteiger partial charge in [0.15, 0.2) is 5.82 Å².